The largest absolute Gasteiger partial charge is 0.439 e. The highest BCUT2D eigenvalue weighted by Gasteiger charge is 2.15. The van der Waals surface area contributed by atoms with Crippen LogP contribution in [0.15, 0.2) is 67.0 Å². The molecule has 3 aromatic heterocycles. The van der Waals surface area contributed by atoms with Crippen LogP contribution < -0.4 is 10.5 Å². The quantitative estimate of drug-likeness (QED) is 0.498. The van der Waals surface area contributed by atoms with Crippen LogP contribution in [-0.2, 0) is 7.05 Å². The molecule has 0 fully saturated rings. The first-order valence-corrected chi connectivity index (χ1v) is 9.61. The van der Waals surface area contributed by atoms with E-state index in [-0.39, 0.29) is 6.54 Å². The number of nitrogens with zero attached hydrogens (tertiary/aromatic N) is 5. The summed E-state index contributed by atoms with van der Waals surface area (Å²) in [6.07, 6.45) is 2.52. The maximum absolute atomic E-state index is 9.89. The van der Waals surface area contributed by atoms with Gasteiger partial charge in [-0.15, -0.1) is 0 Å². The van der Waals surface area contributed by atoms with Gasteiger partial charge in [0.1, 0.15) is 11.4 Å². The molecule has 31 heavy (non-hydrogen) atoms. The molecule has 154 valence electrons. The predicted molar refractivity (Wildman–Crippen MR) is 115 cm³/mol. The van der Waals surface area contributed by atoms with Crippen molar-refractivity contribution in [1.82, 2.24) is 19.7 Å². The molecular formula is C23H20N6O2. The second-order valence-corrected chi connectivity index (χ2v) is 6.86. The molecule has 0 aliphatic carbocycles. The fourth-order valence-corrected chi connectivity index (χ4v) is 3.08. The summed E-state index contributed by atoms with van der Waals surface area (Å²) in [5.41, 5.74) is 9.35. The number of nitriles is 1. The number of benzene rings is 1. The van der Waals surface area contributed by atoms with E-state index >= 15 is 0 Å². The average molecular weight is 412 g/mol. The Morgan fingerprint density at radius 1 is 1.10 bits per heavy atom. The molecule has 0 spiro atoms. The lowest BCUT2D eigenvalue weighted by Gasteiger charge is -2.12. The average Bonchev–Trinajstić information content (AvgIpc) is 3.19. The standard InChI is InChI=1S/C23H20N6O2/c1-29-23(11-20(28-29)19-4-2-3-9-26-19)31-22-10-15(12-24)5-7-17(22)18-8-6-16(14-27-18)21(30)13-25/h2-11,14,21,30H,13,25H2,1H3. The summed E-state index contributed by atoms with van der Waals surface area (Å²) in [5.74, 6) is 0.960. The third-order valence-electron chi connectivity index (χ3n) is 4.76. The van der Waals surface area contributed by atoms with Gasteiger partial charge in [-0.1, -0.05) is 12.1 Å². The van der Waals surface area contributed by atoms with Crippen molar-refractivity contribution in [2.75, 3.05) is 6.54 Å². The highest BCUT2D eigenvalue weighted by atomic mass is 16.5. The van der Waals surface area contributed by atoms with E-state index in [0.717, 1.165) is 5.69 Å². The van der Waals surface area contributed by atoms with Crippen molar-refractivity contribution in [2.45, 2.75) is 6.10 Å². The number of nitrogens with two attached hydrogens (primary N) is 1. The summed E-state index contributed by atoms with van der Waals surface area (Å²) in [4.78, 5) is 8.76. The van der Waals surface area contributed by atoms with Crippen LogP contribution in [0.3, 0.4) is 0 Å². The first-order valence-electron chi connectivity index (χ1n) is 9.61. The van der Waals surface area contributed by atoms with Gasteiger partial charge in [-0.05, 0) is 36.4 Å². The highest BCUT2D eigenvalue weighted by molar-refractivity contribution is 5.69. The van der Waals surface area contributed by atoms with E-state index in [0.29, 0.717) is 39.7 Å². The minimum atomic E-state index is -0.766. The van der Waals surface area contributed by atoms with E-state index in [2.05, 4.69) is 21.1 Å². The van der Waals surface area contributed by atoms with Crippen molar-refractivity contribution in [3.05, 3.63) is 78.1 Å². The minimum absolute atomic E-state index is 0.116. The smallest absolute Gasteiger partial charge is 0.218 e. The van der Waals surface area contributed by atoms with Crippen molar-refractivity contribution in [3.63, 3.8) is 0 Å². The van der Waals surface area contributed by atoms with Gasteiger partial charge in [0.2, 0.25) is 5.88 Å². The maximum atomic E-state index is 9.89. The third-order valence-corrected chi connectivity index (χ3v) is 4.76. The second kappa shape index (κ2) is 8.75. The van der Waals surface area contributed by atoms with Crippen LogP contribution in [0.5, 0.6) is 11.6 Å². The van der Waals surface area contributed by atoms with Gasteiger partial charge in [-0.2, -0.15) is 10.4 Å². The minimum Gasteiger partial charge on any atom is -0.439 e. The Balaban J connectivity index is 1.70. The highest BCUT2D eigenvalue weighted by Crippen LogP contribution is 2.34. The predicted octanol–water partition coefficient (Wildman–Crippen LogP) is 3.20. The number of aliphatic hydroxyl groups excluding tert-OH is 1. The van der Waals surface area contributed by atoms with Gasteiger partial charge < -0.3 is 15.6 Å². The topological polar surface area (TPSA) is 123 Å². The maximum Gasteiger partial charge on any atom is 0.218 e. The molecule has 1 unspecified atom stereocenters. The fourth-order valence-electron chi connectivity index (χ4n) is 3.08. The van der Waals surface area contributed by atoms with Crippen LogP contribution >= 0.6 is 0 Å². The summed E-state index contributed by atoms with van der Waals surface area (Å²) < 4.78 is 7.76. The number of hydrogen-bond donors (Lipinski definition) is 2. The number of pyridine rings is 2. The SMILES string of the molecule is Cn1nc(-c2ccccn2)cc1Oc1cc(C#N)ccc1-c1ccc(C(O)CN)cn1. The molecule has 0 radical (unpaired) electrons. The number of rotatable bonds is 6. The molecule has 1 atom stereocenters. The van der Waals surface area contributed by atoms with Gasteiger partial charge in [-0.25, -0.2) is 4.68 Å². The zero-order valence-corrected chi connectivity index (χ0v) is 16.8. The number of aryl methyl sites for hydroxylation is 1. The van der Waals surface area contributed by atoms with Gasteiger partial charge in [-0.3, -0.25) is 9.97 Å². The molecule has 8 heteroatoms. The Hall–Kier alpha value is -4.06. The molecule has 0 saturated carbocycles. The Morgan fingerprint density at radius 3 is 2.65 bits per heavy atom. The molecule has 0 aliphatic heterocycles. The molecule has 4 rings (SSSR count). The zero-order chi connectivity index (χ0) is 21.8. The fraction of sp³-hybridized carbons (Fsp3) is 0.130. The summed E-state index contributed by atoms with van der Waals surface area (Å²) in [6.45, 7) is 0.116. The van der Waals surface area contributed by atoms with Crippen LogP contribution in [0.1, 0.15) is 17.2 Å². The molecular weight excluding hydrogens is 392 g/mol. The van der Waals surface area contributed by atoms with Crippen molar-refractivity contribution in [2.24, 2.45) is 12.8 Å². The second-order valence-electron chi connectivity index (χ2n) is 6.86. The molecule has 0 aliphatic rings. The van der Waals surface area contributed by atoms with E-state index in [1.807, 2.05) is 18.2 Å². The van der Waals surface area contributed by atoms with E-state index in [1.165, 1.54) is 0 Å². The molecule has 0 amide bonds. The van der Waals surface area contributed by atoms with Crippen molar-refractivity contribution < 1.29 is 9.84 Å². The third kappa shape index (κ3) is 4.28. The zero-order valence-electron chi connectivity index (χ0n) is 16.8. The Labute approximate surface area is 179 Å². The van der Waals surface area contributed by atoms with Gasteiger partial charge >= 0.3 is 0 Å². The first-order chi connectivity index (χ1) is 15.1. The van der Waals surface area contributed by atoms with Gasteiger partial charge in [0.25, 0.3) is 0 Å². The van der Waals surface area contributed by atoms with Crippen molar-refractivity contribution >= 4 is 0 Å². The van der Waals surface area contributed by atoms with Gasteiger partial charge in [0.05, 0.1) is 29.1 Å². The summed E-state index contributed by atoms with van der Waals surface area (Å²) in [5, 5.41) is 23.7. The van der Waals surface area contributed by atoms with Gasteiger partial charge in [0, 0.05) is 43.2 Å². The molecule has 4 aromatic rings. The lowest BCUT2D eigenvalue weighted by Crippen LogP contribution is -2.11. The van der Waals surface area contributed by atoms with E-state index in [1.54, 1.807) is 60.5 Å². The Kier molecular flexibility index (Phi) is 5.71. The monoisotopic (exact) mass is 412 g/mol. The van der Waals surface area contributed by atoms with E-state index in [9.17, 15) is 10.4 Å². The molecule has 3 N–H and O–H groups in total. The number of aromatic nitrogens is 4. The number of aliphatic hydroxyl groups is 1. The number of hydrogen-bond acceptors (Lipinski definition) is 7. The molecule has 0 saturated heterocycles. The molecule has 1 aromatic carbocycles. The number of ether oxygens (including phenoxy) is 1. The van der Waals surface area contributed by atoms with Crippen LogP contribution in [0, 0.1) is 11.3 Å². The van der Waals surface area contributed by atoms with Crippen LogP contribution in [0.2, 0.25) is 0 Å². The summed E-state index contributed by atoms with van der Waals surface area (Å²) >= 11 is 0. The molecule has 3 heterocycles. The molecule has 8 nitrogen and oxygen atoms in total. The van der Waals surface area contributed by atoms with Crippen LogP contribution in [-0.4, -0.2) is 31.4 Å². The lowest BCUT2D eigenvalue weighted by molar-refractivity contribution is 0.186. The Bertz CT molecular complexity index is 1230. The summed E-state index contributed by atoms with van der Waals surface area (Å²) in [6, 6.07) is 18.2. The van der Waals surface area contributed by atoms with Crippen molar-refractivity contribution in [1.29, 1.82) is 5.26 Å². The molecule has 0 bridgehead atoms. The van der Waals surface area contributed by atoms with Crippen LogP contribution in [0.4, 0.5) is 0 Å². The van der Waals surface area contributed by atoms with Gasteiger partial charge in [0.15, 0.2) is 0 Å². The van der Waals surface area contributed by atoms with Crippen molar-refractivity contribution in [3.8, 4) is 40.3 Å². The Morgan fingerprint density at radius 2 is 1.97 bits per heavy atom. The summed E-state index contributed by atoms with van der Waals surface area (Å²) in [7, 11) is 1.77. The van der Waals surface area contributed by atoms with Crippen LogP contribution in [0.25, 0.3) is 22.6 Å². The van der Waals surface area contributed by atoms with E-state index < -0.39 is 6.10 Å². The lowest BCUT2D eigenvalue weighted by atomic mass is 10.1. The normalized spacial score (nSPS) is 11.7. The van der Waals surface area contributed by atoms with E-state index in [4.69, 9.17) is 10.5 Å². The first kappa shape index (κ1) is 20.2.